The van der Waals surface area contributed by atoms with Crippen LogP contribution >= 0.6 is 0 Å². The van der Waals surface area contributed by atoms with Crippen LogP contribution in [0.25, 0.3) is 0 Å². The van der Waals surface area contributed by atoms with Crippen LogP contribution < -0.4 is 5.73 Å². The van der Waals surface area contributed by atoms with Gasteiger partial charge in [0.2, 0.25) is 0 Å². The number of aliphatic hydroxyl groups is 1. The van der Waals surface area contributed by atoms with Crippen molar-refractivity contribution in [1.29, 1.82) is 0 Å². The van der Waals surface area contributed by atoms with Gasteiger partial charge in [-0.15, -0.1) is 5.10 Å². The van der Waals surface area contributed by atoms with Crippen molar-refractivity contribution < 1.29 is 5.11 Å². The van der Waals surface area contributed by atoms with Crippen molar-refractivity contribution in [3.63, 3.8) is 0 Å². The van der Waals surface area contributed by atoms with Gasteiger partial charge in [0.1, 0.15) is 5.82 Å². The molecule has 0 aliphatic rings. The summed E-state index contributed by atoms with van der Waals surface area (Å²) in [5, 5.41) is 16.4. The average molecular weight is 167 g/mol. The van der Waals surface area contributed by atoms with Crippen LogP contribution in [0.5, 0.6) is 0 Å². The van der Waals surface area contributed by atoms with Gasteiger partial charge in [-0.1, -0.05) is 13.8 Å². The number of rotatable bonds is 2. The zero-order valence-electron chi connectivity index (χ0n) is 7.28. The molecule has 1 aromatic heterocycles. The van der Waals surface area contributed by atoms with E-state index in [0.717, 1.165) is 5.56 Å². The fraction of sp³-hybridized carbons (Fsp3) is 0.500. The smallest absolute Gasteiger partial charge is 0.146 e. The van der Waals surface area contributed by atoms with Crippen LogP contribution in [-0.4, -0.2) is 21.9 Å². The van der Waals surface area contributed by atoms with Crippen molar-refractivity contribution in [2.75, 3.05) is 12.3 Å². The van der Waals surface area contributed by atoms with Gasteiger partial charge in [-0.2, -0.15) is 5.10 Å². The molecule has 0 atom stereocenters. The molecule has 4 heteroatoms. The molecule has 0 aliphatic heterocycles. The Hall–Kier alpha value is -1.16. The maximum Gasteiger partial charge on any atom is 0.146 e. The van der Waals surface area contributed by atoms with E-state index in [-0.39, 0.29) is 12.0 Å². The number of aromatic nitrogens is 2. The van der Waals surface area contributed by atoms with E-state index >= 15 is 0 Å². The molecule has 0 saturated heterocycles. The Morgan fingerprint density at radius 2 is 2.25 bits per heavy atom. The van der Waals surface area contributed by atoms with E-state index in [1.54, 1.807) is 12.3 Å². The highest BCUT2D eigenvalue weighted by Gasteiger charge is 2.19. The van der Waals surface area contributed by atoms with Gasteiger partial charge in [0.15, 0.2) is 0 Å². The topological polar surface area (TPSA) is 72.0 Å². The van der Waals surface area contributed by atoms with Gasteiger partial charge in [0.05, 0.1) is 12.8 Å². The van der Waals surface area contributed by atoms with Crippen LogP contribution in [0, 0.1) is 0 Å². The van der Waals surface area contributed by atoms with Gasteiger partial charge in [0.25, 0.3) is 0 Å². The molecule has 0 amide bonds. The molecule has 1 aromatic rings. The van der Waals surface area contributed by atoms with Crippen molar-refractivity contribution in [2.45, 2.75) is 19.3 Å². The first-order valence-electron chi connectivity index (χ1n) is 3.76. The zero-order chi connectivity index (χ0) is 9.19. The van der Waals surface area contributed by atoms with Crippen LogP contribution in [0.15, 0.2) is 12.3 Å². The van der Waals surface area contributed by atoms with Crippen molar-refractivity contribution in [3.8, 4) is 0 Å². The molecular weight excluding hydrogens is 154 g/mol. The van der Waals surface area contributed by atoms with Crippen LogP contribution in [0.2, 0.25) is 0 Å². The first kappa shape index (κ1) is 8.93. The molecule has 0 saturated carbocycles. The second kappa shape index (κ2) is 3.06. The van der Waals surface area contributed by atoms with E-state index in [2.05, 4.69) is 10.2 Å². The second-order valence-electron chi connectivity index (χ2n) is 3.41. The van der Waals surface area contributed by atoms with Gasteiger partial charge in [-0.3, -0.25) is 0 Å². The van der Waals surface area contributed by atoms with E-state index in [0.29, 0.717) is 5.82 Å². The summed E-state index contributed by atoms with van der Waals surface area (Å²) in [5.74, 6) is 0.383. The molecule has 4 nitrogen and oxygen atoms in total. The normalized spacial score (nSPS) is 11.6. The van der Waals surface area contributed by atoms with Crippen molar-refractivity contribution >= 4 is 5.82 Å². The Morgan fingerprint density at radius 1 is 1.58 bits per heavy atom. The van der Waals surface area contributed by atoms with Crippen LogP contribution in [0.3, 0.4) is 0 Å². The number of hydrogen-bond donors (Lipinski definition) is 2. The zero-order valence-corrected chi connectivity index (χ0v) is 7.28. The van der Waals surface area contributed by atoms with Crippen LogP contribution in [-0.2, 0) is 5.41 Å². The highest BCUT2D eigenvalue weighted by molar-refractivity contribution is 5.33. The predicted molar refractivity (Wildman–Crippen MR) is 46.6 cm³/mol. The monoisotopic (exact) mass is 167 g/mol. The highest BCUT2D eigenvalue weighted by Crippen LogP contribution is 2.21. The summed E-state index contributed by atoms with van der Waals surface area (Å²) in [4.78, 5) is 0. The van der Waals surface area contributed by atoms with Gasteiger partial charge in [-0.25, -0.2) is 0 Å². The first-order chi connectivity index (χ1) is 5.56. The summed E-state index contributed by atoms with van der Waals surface area (Å²) in [6, 6.07) is 1.73. The molecule has 0 radical (unpaired) electrons. The van der Waals surface area contributed by atoms with Crippen LogP contribution in [0.4, 0.5) is 5.82 Å². The fourth-order valence-electron chi connectivity index (χ4n) is 0.845. The van der Waals surface area contributed by atoms with E-state index in [1.165, 1.54) is 0 Å². The Bertz CT molecular complexity index is 273. The number of aliphatic hydroxyl groups excluding tert-OH is 1. The quantitative estimate of drug-likeness (QED) is 0.665. The molecule has 0 unspecified atom stereocenters. The number of nitrogens with zero attached hydrogens (tertiary/aromatic N) is 2. The summed E-state index contributed by atoms with van der Waals surface area (Å²) >= 11 is 0. The summed E-state index contributed by atoms with van der Waals surface area (Å²) in [5.41, 5.74) is 6.05. The largest absolute Gasteiger partial charge is 0.395 e. The summed E-state index contributed by atoms with van der Waals surface area (Å²) < 4.78 is 0. The van der Waals surface area contributed by atoms with Gasteiger partial charge in [-0.05, 0) is 11.6 Å². The second-order valence-corrected chi connectivity index (χ2v) is 3.41. The third kappa shape index (κ3) is 1.71. The lowest BCUT2D eigenvalue weighted by Gasteiger charge is -2.21. The SMILES string of the molecule is CC(C)(CO)c1cnnc(N)c1. The third-order valence-electron chi connectivity index (χ3n) is 1.85. The van der Waals surface area contributed by atoms with E-state index in [9.17, 15) is 0 Å². The van der Waals surface area contributed by atoms with E-state index < -0.39 is 0 Å². The predicted octanol–water partition coefficient (Wildman–Crippen LogP) is 0.329. The molecule has 0 aromatic carbocycles. The molecule has 1 rings (SSSR count). The molecule has 66 valence electrons. The maximum absolute atomic E-state index is 9.05. The summed E-state index contributed by atoms with van der Waals surface area (Å²) in [7, 11) is 0. The number of nitrogens with two attached hydrogens (primary N) is 1. The average Bonchev–Trinajstić information content (AvgIpc) is 2.05. The Kier molecular flexibility index (Phi) is 2.28. The van der Waals surface area contributed by atoms with Gasteiger partial charge in [0, 0.05) is 5.41 Å². The molecule has 0 bridgehead atoms. The lowest BCUT2D eigenvalue weighted by atomic mass is 9.87. The maximum atomic E-state index is 9.05. The lowest BCUT2D eigenvalue weighted by Crippen LogP contribution is -2.22. The van der Waals surface area contributed by atoms with Gasteiger partial charge < -0.3 is 10.8 Å². The van der Waals surface area contributed by atoms with Crippen molar-refractivity contribution in [3.05, 3.63) is 17.8 Å². The summed E-state index contributed by atoms with van der Waals surface area (Å²) in [6.45, 7) is 3.91. The minimum Gasteiger partial charge on any atom is -0.395 e. The molecule has 12 heavy (non-hydrogen) atoms. The Morgan fingerprint density at radius 3 is 2.75 bits per heavy atom. The van der Waals surface area contributed by atoms with Crippen LogP contribution in [0.1, 0.15) is 19.4 Å². The summed E-state index contributed by atoms with van der Waals surface area (Å²) in [6.07, 6.45) is 1.62. The van der Waals surface area contributed by atoms with E-state index in [1.807, 2.05) is 13.8 Å². The minimum atomic E-state index is -0.302. The molecule has 0 fully saturated rings. The lowest BCUT2D eigenvalue weighted by molar-refractivity contribution is 0.218. The van der Waals surface area contributed by atoms with E-state index in [4.69, 9.17) is 10.8 Å². The molecule has 0 spiro atoms. The molecule has 3 N–H and O–H groups in total. The molecular formula is C8H13N3O. The minimum absolute atomic E-state index is 0.0676. The fourth-order valence-corrected chi connectivity index (χ4v) is 0.845. The third-order valence-corrected chi connectivity index (χ3v) is 1.85. The Labute approximate surface area is 71.4 Å². The van der Waals surface area contributed by atoms with Crippen molar-refractivity contribution in [2.24, 2.45) is 0 Å². The molecule has 0 aliphatic carbocycles. The van der Waals surface area contributed by atoms with Crippen molar-refractivity contribution in [1.82, 2.24) is 10.2 Å². The Balaban J connectivity index is 3.03. The standard InChI is InChI=1S/C8H13N3O/c1-8(2,5-12)6-3-7(9)11-10-4-6/h3-4,12H,5H2,1-2H3,(H2,9,11). The van der Waals surface area contributed by atoms with Gasteiger partial charge >= 0.3 is 0 Å². The number of anilines is 1. The number of hydrogen-bond acceptors (Lipinski definition) is 4. The molecule has 1 heterocycles. The first-order valence-corrected chi connectivity index (χ1v) is 3.76. The highest BCUT2D eigenvalue weighted by atomic mass is 16.3. The number of nitrogen functional groups attached to an aromatic ring is 1.